The summed E-state index contributed by atoms with van der Waals surface area (Å²) in [6.45, 7) is 3.42. The van der Waals surface area contributed by atoms with Crippen molar-refractivity contribution in [1.29, 1.82) is 0 Å². The van der Waals surface area contributed by atoms with E-state index in [-0.39, 0.29) is 16.8 Å². The first-order valence-corrected chi connectivity index (χ1v) is 12.4. The van der Waals surface area contributed by atoms with Gasteiger partial charge in [0.2, 0.25) is 5.91 Å². The van der Waals surface area contributed by atoms with Crippen LogP contribution in [0.25, 0.3) is 0 Å². The van der Waals surface area contributed by atoms with Gasteiger partial charge in [0, 0.05) is 23.8 Å². The Morgan fingerprint density at radius 3 is 2.65 bits per heavy atom. The number of thiazole rings is 1. The topological polar surface area (TPSA) is 91.4 Å². The van der Waals surface area contributed by atoms with E-state index in [0.29, 0.717) is 17.4 Å². The summed E-state index contributed by atoms with van der Waals surface area (Å²) in [5, 5.41) is 5.38. The SMILES string of the molecule is Cc1ccccc1CCN[C@H]1CCN(c2ccc(S(=O)(=O)Nc3nccs3)cc2)C1=O. The van der Waals surface area contributed by atoms with E-state index in [0.717, 1.165) is 19.4 Å². The molecule has 0 unspecified atom stereocenters. The van der Waals surface area contributed by atoms with Gasteiger partial charge in [0.05, 0.1) is 10.9 Å². The van der Waals surface area contributed by atoms with Crippen molar-refractivity contribution in [3.63, 3.8) is 0 Å². The van der Waals surface area contributed by atoms with Gasteiger partial charge in [0.1, 0.15) is 0 Å². The highest BCUT2D eigenvalue weighted by Gasteiger charge is 2.32. The molecule has 2 N–H and O–H groups in total. The average Bonchev–Trinajstić information content (AvgIpc) is 3.39. The number of anilines is 2. The minimum atomic E-state index is -3.71. The van der Waals surface area contributed by atoms with E-state index in [1.807, 2.05) is 12.1 Å². The van der Waals surface area contributed by atoms with E-state index in [9.17, 15) is 13.2 Å². The minimum absolute atomic E-state index is 0.0151. The quantitative estimate of drug-likeness (QED) is 0.543. The van der Waals surface area contributed by atoms with Crippen molar-refractivity contribution in [2.45, 2.75) is 30.7 Å². The molecule has 0 bridgehead atoms. The number of hydrogen-bond donors (Lipinski definition) is 2. The molecule has 7 nitrogen and oxygen atoms in total. The standard InChI is InChI=1S/C22H24N4O3S2/c1-16-4-2-3-5-17(16)10-12-23-20-11-14-26(21(20)27)18-6-8-19(9-7-18)31(28,29)25-22-24-13-15-30-22/h2-9,13,15,20,23H,10-12,14H2,1H3,(H,24,25)/t20-/m0/s1. The lowest BCUT2D eigenvalue weighted by Crippen LogP contribution is -2.39. The fourth-order valence-electron chi connectivity index (χ4n) is 3.65. The largest absolute Gasteiger partial charge is 0.311 e. The second-order valence-corrected chi connectivity index (χ2v) is 9.98. The molecule has 31 heavy (non-hydrogen) atoms. The van der Waals surface area contributed by atoms with Gasteiger partial charge in [-0.15, -0.1) is 11.3 Å². The molecule has 0 aliphatic carbocycles. The van der Waals surface area contributed by atoms with Gasteiger partial charge in [-0.25, -0.2) is 13.4 Å². The van der Waals surface area contributed by atoms with Crippen LogP contribution in [0.4, 0.5) is 10.8 Å². The maximum absolute atomic E-state index is 12.8. The van der Waals surface area contributed by atoms with Crippen molar-refractivity contribution in [3.05, 3.63) is 71.2 Å². The van der Waals surface area contributed by atoms with E-state index in [4.69, 9.17) is 0 Å². The number of benzene rings is 2. The normalized spacial score (nSPS) is 16.6. The predicted octanol–water partition coefficient (Wildman–Crippen LogP) is 3.19. The Morgan fingerprint density at radius 2 is 1.94 bits per heavy atom. The summed E-state index contributed by atoms with van der Waals surface area (Å²) in [4.78, 5) is 18.6. The van der Waals surface area contributed by atoms with Crippen LogP contribution in [-0.4, -0.2) is 38.4 Å². The number of nitrogens with zero attached hydrogens (tertiary/aromatic N) is 2. The molecule has 1 aliphatic rings. The molecule has 0 radical (unpaired) electrons. The van der Waals surface area contributed by atoms with Crippen molar-refractivity contribution in [2.24, 2.45) is 0 Å². The van der Waals surface area contributed by atoms with Crippen molar-refractivity contribution in [2.75, 3.05) is 22.7 Å². The Labute approximate surface area is 186 Å². The molecule has 9 heteroatoms. The molecule has 2 aromatic carbocycles. The van der Waals surface area contributed by atoms with Gasteiger partial charge in [0.25, 0.3) is 10.0 Å². The third-order valence-electron chi connectivity index (χ3n) is 5.36. The van der Waals surface area contributed by atoms with Crippen molar-refractivity contribution in [3.8, 4) is 0 Å². The van der Waals surface area contributed by atoms with Gasteiger partial charge >= 0.3 is 0 Å². The van der Waals surface area contributed by atoms with E-state index < -0.39 is 10.0 Å². The highest BCUT2D eigenvalue weighted by atomic mass is 32.2. The molecular weight excluding hydrogens is 432 g/mol. The fraction of sp³-hybridized carbons (Fsp3) is 0.273. The molecule has 1 aliphatic heterocycles. The number of hydrogen-bond acceptors (Lipinski definition) is 6. The first-order valence-electron chi connectivity index (χ1n) is 10.1. The van der Waals surface area contributed by atoms with Crippen molar-refractivity contribution >= 4 is 38.1 Å². The van der Waals surface area contributed by atoms with Gasteiger partial charge in [-0.3, -0.25) is 9.52 Å². The summed E-state index contributed by atoms with van der Waals surface area (Å²) in [7, 11) is -3.71. The highest BCUT2D eigenvalue weighted by Crippen LogP contribution is 2.25. The summed E-state index contributed by atoms with van der Waals surface area (Å²) in [5.41, 5.74) is 3.23. The van der Waals surface area contributed by atoms with Gasteiger partial charge in [-0.1, -0.05) is 24.3 Å². The molecular formula is C22H24N4O3S2. The van der Waals surface area contributed by atoms with Crippen molar-refractivity contribution in [1.82, 2.24) is 10.3 Å². The first kappa shape index (κ1) is 21.5. The first-order chi connectivity index (χ1) is 14.9. The van der Waals surface area contributed by atoms with Crippen LogP contribution < -0.4 is 14.9 Å². The zero-order valence-corrected chi connectivity index (χ0v) is 18.7. The van der Waals surface area contributed by atoms with Crippen LogP contribution in [-0.2, 0) is 21.2 Å². The van der Waals surface area contributed by atoms with Crippen LogP contribution in [0.2, 0.25) is 0 Å². The zero-order chi connectivity index (χ0) is 21.8. The molecule has 1 amide bonds. The van der Waals surface area contributed by atoms with E-state index in [2.05, 4.69) is 34.1 Å². The smallest absolute Gasteiger partial charge is 0.263 e. The summed E-state index contributed by atoms with van der Waals surface area (Å²) in [6.07, 6.45) is 3.13. The third kappa shape index (κ3) is 4.95. The second kappa shape index (κ2) is 9.17. The lowest BCUT2D eigenvalue weighted by atomic mass is 10.1. The van der Waals surface area contributed by atoms with Gasteiger partial charge in [-0.05, 0) is 61.7 Å². The third-order valence-corrected chi connectivity index (χ3v) is 7.54. The van der Waals surface area contributed by atoms with Crippen LogP contribution in [0, 0.1) is 6.92 Å². The Bertz CT molecular complexity index is 1150. The summed E-state index contributed by atoms with van der Waals surface area (Å²) >= 11 is 1.21. The van der Waals surface area contributed by atoms with Crippen LogP contribution in [0.3, 0.4) is 0 Å². The van der Waals surface area contributed by atoms with E-state index >= 15 is 0 Å². The number of amides is 1. The Hall–Kier alpha value is -2.75. The number of rotatable bonds is 8. The number of aryl methyl sites for hydroxylation is 1. The van der Waals surface area contributed by atoms with E-state index in [1.54, 1.807) is 22.4 Å². The lowest BCUT2D eigenvalue weighted by Gasteiger charge is -2.18. The predicted molar refractivity (Wildman–Crippen MR) is 123 cm³/mol. The molecule has 2 heterocycles. The average molecular weight is 457 g/mol. The van der Waals surface area contributed by atoms with Crippen LogP contribution in [0.5, 0.6) is 0 Å². The van der Waals surface area contributed by atoms with Crippen LogP contribution in [0.1, 0.15) is 17.5 Å². The van der Waals surface area contributed by atoms with E-state index in [1.165, 1.54) is 40.8 Å². The molecule has 1 saturated heterocycles. The number of carbonyl (C=O) groups excluding carboxylic acids is 1. The highest BCUT2D eigenvalue weighted by molar-refractivity contribution is 7.93. The Kier molecular flexibility index (Phi) is 6.35. The van der Waals surface area contributed by atoms with Crippen LogP contribution >= 0.6 is 11.3 Å². The number of carbonyl (C=O) groups is 1. The molecule has 0 spiro atoms. The fourth-order valence-corrected chi connectivity index (χ4v) is 5.44. The summed E-state index contributed by atoms with van der Waals surface area (Å²) < 4.78 is 27.4. The summed E-state index contributed by atoms with van der Waals surface area (Å²) in [5.74, 6) is 0.0151. The molecule has 1 fully saturated rings. The Balaban J connectivity index is 1.35. The number of aromatic nitrogens is 1. The Morgan fingerprint density at radius 1 is 1.16 bits per heavy atom. The van der Waals surface area contributed by atoms with Crippen LogP contribution in [0.15, 0.2) is 65.0 Å². The molecule has 1 atom stereocenters. The minimum Gasteiger partial charge on any atom is -0.311 e. The van der Waals surface area contributed by atoms with Gasteiger partial charge in [0.15, 0.2) is 5.13 Å². The molecule has 162 valence electrons. The van der Waals surface area contributed by atoms with Crippen molar-refractivity contribution < 1.29 is 13.2 Å². The molecule has 3 aromatic rings. The molecule has 4 rings (SSSR count). The van der Waals surface area contributed by atoms with Gasteiger partial charge < -0.3 is 10.2 Å². The monoisotopic (exact) mass is 456 g/mol. The molecule has 1 aromatic heterocycles. The summed E-state index contributed by atoms with van der Waals surface area (Å²) in [6, 6.07) is 14.4. The maximum Gasteiger partial charge on any atom is 0.263 e. The maximum atomic E-state index is 12.8. The number of nitrogens with one attached hydrogen (secondary N) is 2. The lowest BCUT2D eigenvalue weighted by molar-refractivity contribution is -0.118. The second-order valence-electron chi connectivity index (χ2n) is 7.40. The molecule has 0 saturated carbocycles. The number of sulfonamides is 1. The van der Waals surface area contributed by atoms with Gasteiger partial charge in [-0.2, -0.15) is 0 Å². The zero-order valence-electron chi connectivity index (χ0n) is 17.1.